The Morgan fingerprint density at radius 2 is 1.93 bits per heavy atom. The van der Waals surface area contributed by atoms with Crippen molar-refractivity contribution >= 4 is 22.5 Å². The Morgan fingerprint density at radius 1 is 1.19 bits per heavy atom. The minimum atomic E-state index is -0.321. The van der Waals surface area contributed by atoms with Crippen molar-refractivity contribution in [1.29, 1.82) is 0 Å². The average molecular weight is 366 g/mol. The molecule has 140 valence electrons. The number of amides is 1. The van der Waals surface area contributed by atoms with Crippen LogP contribution in [0.2, 0.25) is 0 Å². The van der Waals surface area contributed by atoms with E-state index in [0.29, 0.717) is 16.6 Å². The molecule has 0 bridgehead atoms. The number of rotatable bonds is 4. The van der Waals surface area contributed by atoms with Crippen LogP contribution in [0.15, 0.2) is 47.3 Å². The number of aromatic nitrogens is 3. The molecule has 0 aliphatic rings. The second-order valence-electron chi connectivity index (χ2n) is 7.41. The molecule has 7 nitrogen and oxygen atoms in total. The van der Waals surface area contributed by atoms with E-state index in [9.17, 15) is 14.7 Å². The summed E-state index contributed by atoms with van der Waals surface area (Å²) in [4.78, 5) is 24.7. The largest absolute Gasteiger partial charge is 0.506 e. The van der Waals surface area contributed by atoms with Gasteiger partial charge >= 0.3 is 0 Å². The molecule has 7 heteroatoms. The minimum absolute atomic E-state index is 0.000913. The molecule has 0 saturated carbocycles. The summed E-state index contributed by atoms with van der Waals surface area (Å²) in [5.74, 6) is -0.322. The second kappa shape index (κ2) is 7.19. The van der Waals surface area contributed by atoms with Crippen molar-refractivity contribution in [2.75, 3.05) is 5.32 Å². The van der Waals surface area contributed by atoms with Gasteiger partial charge in [-0.25, -0.2) is 4.68 Å². The van der Waals surface area contributed by atoms with Gasteiger partial charge in [0.25, 0.3) is 5.56 Å². The highest BCUT2D eigenvalue weighted by molar-refractivity contribution is 5.92. The molecule has 0 atom stereocenters. The summed E-state index contributed by atoms with van der Waals surface area (Å²) >= 11 is 0. The van der Waals surface area contributed by atoms with Gasteiger partial charge in [0.2, 0.25) is 5.91 Å². The Bertz CT molecular complexity index is 1050. The number of aromatic hydroxyl groups is 1. The molecule has 0 unspecified atom stereocenters. The molecular formula is C20H22N4O3. The minimum Gasteiger partial charge on any atom is -0.506 e. The lowest BCUT2D eigenvalue weighted by molar-refractivity contribution is -0.116. The SMILES string of the molecule is CC(C)(C)c1ccc(O)c(NC(=O)CCn2nnc3ccccc3c2=O)c1. The summed E-state index contributed by atoms with van der Waals surface area (Å²) < 4.78 is 1.17. The zero-order valence-corrected chi connectivity index (χ0v) is 15.6. The van der Waals surface area contributed by atoms with Gasteiger partial charge in [0.15, 0.2) is 0 Å². The maximum absolute atomic E-state index is 12.4. The van der Waals surface area contributed by atoms with Gasteiger partial charge in [-0.05, 0) is 35.2 Å². The number of nitrogens with zero attached hydrogens (tertiary/aromatic N) is 3. The number of carbonyl (C=O) groups is 1. The van der Waals surface area contributed by atoms with Crippen molar-refractivity contribution in [3.8, 4) is 5.75 Å². The molecule has 0 aliphatic carbocycles. The molecule has 3 aromatic rings. The first-order chi connectivity index (χ1) is 12.8. The van der Waals surface area contributed by atoms with Gasteiger partial charge in [-0.1, -0.05) is 44.2 Å². The molecule has 0 fully saturated rings. The number of phenols is 1. The standard InChI is InChI=1S/C20H22N4O3/c1-20(2,3)13-8-9-17(25)16(12-13)21-18(26)10-11-24-19(27)14-6-4-5-7-15(14)22-23-24/h4-9,12,25H,10-11H2,1-3H3,(H,21,26). The van der Waals surface area contributed by atoms with Gasteiger partial charge in [-0.3, -0.25) is 9.59 Å². The Kier molecular flexibility index (Phi) is 4.94. The highest BCUT2D eigenvalue weighted by Gasteiger charge is 2.16. The number of benzene rings is 2. The number of carbonyl (C=O) groups excluding carboxylic acids is 1. The molecule has 3 rings (SSSR count). The van der Waals surface area contributed by atoms with Crippen molar-refractivity contribution < 1.29 is 9.90 Å². The highest BCUT2D eigenvalue weighted by atomic mass is 16.3. The van der Waals surface area contributed by atoms with E-state index < -0.39 is 0 Å². The topological polar surface area (TPSA) is 97.1 Å². The monoisotopic (exact) mass is 366 g/mol. The van der Waals surface area contributed by atoms with Gasteiger partial charge in [0.1, 0.15) is 11.3 Å². The van der Waals surface area contributed by atoms with Crippen molar-refractivity contribution in [3.05, 3.63) is 58.4 Å². The van der Waals surface area contributed by atoms with Crippen molar-refractivity contribution in [1.82, 2.24) is 15.0 Å². The second-order valence-corrected chi connectivity index (χ2v) is 7.41. The van der Waals surface area contributed by atoms with Crippen LogP contribution in [-0.4, -0.2) is 26.0 Å². The number of fused-ring (bicyclic) bond motifs is 1. The van der Waals surface area contributed by atoms with E-state index in [2.05, 4.69) is 36.4 Å². The number of nitrogens with one attached hydrogen (secondary N) is 1. The summed E-state index contributed by atoms with van der Waals surface area (Å²) in [5, 5.41) is 21.0. The predicted molar refractivity (Wildman–Crippen MR) is 104 cm³/mol. The molecule has 0 saturated heterocycles. The fourth-order valence-corrected chi connectivity index (χ4v) is 2.69. The smallest absolute Gasteiger partial charge is 0.277 e. The van der Waals surface area contributed by atoms with E-state index in [0.717, 1.165) is 5.56 Å². The fraction of sp³-hybridized carbons (Fsp3) is 0.300. The first-order valence-corrected chi connectivity index (χ1v) is 8.71. The van der Waals surface area contributed by atoms with Crippen LogP contribution in [0.25, 0.3) is 10.9 Å². The first kappa shape index (κ1) is 18.6. The Balaban J connectivity index is 1.72. The van der Waals surface area contributed by atoms with E-state index >= 15 is 0 Å². The molecule has 27 heavy (non-hydrogen) atoms. The van der Waals surface area contributed by atoms with Gasteiger partial charge in [-0.15, -0.1) is 5.10 Å². The molecule has 2 aromatic carbocycles. The third-order valence-electron chi connectivity index (χ3n) is 4.32. The van der Waals surface area contributed by atoms with E-state index in [1.165, 1.54) is 4.68 Å². The molecule has 1 heterocycles. The van der Waals surface area contributed by atoms with Crippen LogP contribution in [-0.2, 0) is 16.8 Å². The summed E-state index contributed by atoms with van der Waals surface area (Å²) in [6, 6.07) is 12.1. The summed E-state index contributed by atoms with van der Waals surface area (Å²) in [7, 11) is 0. The van der Waals surface area contributed by atoms with Crippen LogP contribution < -0.4 is 10.9 Å². The molecule has 2 N–H and O–H groups in total. The molecular weight excluding hydrogens is 344 g/mol. The van der Waals surface area contributed by atoms with Crippen LogP contribution >= 0.6 is 0 Å². The van der Waals surface area contributed by atoms with Crippen LogP contribution in [0.5, 0.6) is 5.75 Å². The van der Waals surface area contributed by atoms with Crippen LogP contribution in [0.1, 0.15) is 32.8 Å². The first-order valence-electron chi connectivity index (χ1n) is 8.71. The summed E-state index contributed by atoms with van der Waals surface area (Å²) in [6.07, 6.45) is 0.0338. The highest BCUT2D eigenvalue weighted by Crippen LogP contribution is 2.30. The molecule has 0 radical (unpaired) electrons. The zero-order chi connectivity index (χ0) is 19.6. The number of hydrogen-bond acceptors (Lipinski definition) is 5. The lowest BCUT2D eigenvalue weighted by Gasteiger charge is -2.20. The lowest BCUT2D eigenvalue weighted by Crippen LogP contribution is -2.26. The van der Waals surface area contributed by atoms with Crippen LogP contribution in [0.3, 0.4) is 0 Å². The lowest BCUT2D eigenvalue weighted by atomic mass is 9.87. The Morgan fingerprint density at radius 3 is 2.67 bits per heavy atom. The average Bonchev–Trinajstić information content (AvgIpc) is 2.62. The third kappa shape index (κ3) is 4.13. The third-order valence-corrected chi connectivity index (χ3v) is 4.32. The normalized spacial score (nSPS) is 11.5. The zero-order valence-electron chi connectivity index (χ0n) is 15.6. The number of anilines is 1. The van der Waals surface area contributed by atoms with Gasteiger partial charge in [0, 0.05) is 6.42 Å². The fourth-order valence-electron chi connectivity index (χ4n) is 2.69. The van der Waals surface area contributed by atoms with Gasteiger partial charge in [0.05, 0.1) is 17.6 Å². The van der Waals surface area contributed by atoms with E-state index in [1.54, 1.807) is 36.4 Å². The van der Waals surface area contributed by atoms with E-state index in [4.69, 9.17) is 0 Å². The van der Waals surface area contributed by atoms with Crippen molar-refractivity contribution in [2.24, 2.45) is 0 Å². The molecule has 0 spiro atoms. The van der Waals surface area contributed by atoms with E-state index in [1.807, 2.05) is 6.07 Å². The van der Waals surface area contributed by atoms with Gasteiger partial charge < -0.3 is 10.4 Å². The van der Waals surface area contributed by atoms with Gasteiger partial charge in [-0.2, -0.15) is 0 Å². The van der Waals surface area contributed by atoms with Crippen molar-refractivity contribution in [3.63, 3.8) is 0 Å². The summed E-state index contributed by atoms with van der Waals surface area (Å²) in [6.45, 7) is 6.25. The number of hydrogen-bond donors (Lipinski definition) is 2. The van der Waals surface area contributed by atoms with E-state index in [-0.39, 0.29) is 35.6 Å². The van der Waals surface area contributed by atoms with Crippen LogP contribution in [0, 0.1) is 0 Å². The number of aryl methyl sites for hydroxylation is 1. The Labute approximate surface area is 156 Å². The number of phenolic OH excluding ortho intramolecular Hbond substituents is 1. The maximum atomic E-state index is 12.4. The Hall–Kier alpha value is -3.22. The van der Waals surface area contributed by atoms with Crippen LogP contribution in [0.4, 0.5) is 5.69 Å². The summed E-state index contributed by atoms with van der Waals surface area (Å²) in [5.41, 5.74) is 1.47. The molecule has 1 aromatic heterocycles. The van der Waals surface area contributed by atoms with Crippen molar-refractivity contribution in [2.45, 2.75) is 39.2 Å². The maximum Gasteiger partial charge on any atom is 0.277 e. The molecule has 0 aliphatic heterocycles. The predicted octanol–water partition coefficient (Wildman–Crippen LogP) is 2.82. The molecule has 1 amide bonds. The quantitative estimate of drug-likeness (QED) is 0.692.